The first-order chi connectivity index (χ1) is 13.5. The van der Waals surface area contributed by atoms with E-state index in [9.17, 15) is 14.4 Å². The van der Waals surface area contributed by atoms with Crippen molar-refractivity contribution in [2.75, 3.05) is 5.32 Å². The molecule has 2 N–H and O–H groups in total. The summed E-state index contributed by atoms with van der Waals surface area (Å²) in [6, 6.07) is 14.0. The van der Waals surface area contributed by atoms with Crippen LogP contribution in [-0.4, -0.2) is 17.6 Å². The van der Waals surface area contributed by atoms with Gasteiger partial charge in [-0.2, -0.15) is 0 Å². The SMILES string of the molecule is CC(=O)c1ccc(NC(=O)c2ccc(CNC(=O)C3CCCCC3)cc2)cc1. The Bertz CT molecular complexity index is 835. The third-order valence-electron chi connectivity index (χ3n) is 5.21. The zero-order chi connectivity index (χ0) is 19.9. The molecule has 0 unspecified atom stereocenters. The van der Waals surface area contributed by atoms with Crippen LogP contribution in [0, 0.1) is 5.92 Å². The number of anilines is 1. The monoisotopic (exact) mass is 378 g/mol. The molecular formula is C23H26N2O3. The Morgan fingerprint density at radius 3 is 2.07 bits per heavy atom. The van der Waals surface area contributed by atoms with Gasteiger partial charge in [0.15, 0.2) is 5.78 Å². The fourth-order valence-corrected chi connectivity index (χ4v) is 3.46. The van der Waals surface area contributed by atoms with Gasteiger partial charge in [0.2, 0.25) is 5.91 Å². The van der Waals surface area contributed by atoms with Gasteiger partial charge in [0.25, 0.3) is 5.91 Å². The molecule has 1 fully saturated rings. The molecule has 2 amide bonds. The van der Waals surface area contributed by atoms with Gasteiger partial charge in [-0.3, -0.25) is 14.4 Å². The van der Waals surface area contributed by atoms with Crippen molar-refractivity contribution in [3.05, 3.63) is 65.2 Å². The van der Waals surface area contributed by atoms with Gasteiger partial charge in [-0.1, -0.05) is 31.4 Å². The molecule has 5 heteroatoms. The maximum atomic E-state index is 12.4. The molecule has 0 radical (unpaired) electrons. The minimum absolute atomic E-state index is 0.0101. The van der Waals surface area contributed by atoms with Gasteiger partial charge in [0, 0.05) is 29.3 Å². The lowest BCUT2D eigenvalue weighted by Crippen LogP contribution is -2.31. The van der Waals surface area contributed by atoms with Crippen LogP contribution < -0.4 is 10.6 Å². The molecule has 0 saturated heterocycles. The molecule has 0 atom stereocenters. The number of rotatable bonds is 6. The summed E-state index contributed by atoms with van der Waals surface area (Å²) >= 11 is 0. The Kier molecular flexibility index (Phi) is 6.58. The van der Waals surface area contributed by atoms with Gasteiger partial charge in [0.05, 0.1) is 0 Å². The Morgan fingerprint density at radius 2 is 1.46 bits per heavy atom. The van der Waals surface area contributed by atoms with Crippen molar-refractivity contribution in [2.45, 2.75) is 45.6 Å². The zero-order valence-electron chi connectivity index (χ0n) is 16.2. The summed E-state index contributed by atoms with van der Waals surface area (Å²) in [7, 11) is 0. The first kappa shape index (κ1) is 19.8. The molecule has 0 spiro atoms. The standard InChI is InChI=1S/C23H26N2O3/c1-16(26)18-11-13-21(14-12-18)25-23(28)20-9-7-17(8-10-20)15-24-22(27)19-5-3-2-4-6-19/h7-14,19H,2-6,15H2,1H3,(H,24,27)(H,25,28). The highest BCUT2D eigenvalue weighted by atomic mass is 16.2. The smallest absolute Gasteiger partial charge is 0.255 e. The maximum absolute atomic E-state index is 12.4. The van der Waals surface area contributed by atoms with E-state index in [-0.39, 0.29) is 23.5 Å². The first-order valence-corrected chi connectivity index (χ1v) is 9.82. The molecule has 1 aliphatic rings. The molecule has 0 aliphatic heterocycles. The van der Waals surface area contributed by atoms with Gasteiger partial charge in [-0.25, -0.2) is 0 Å². The second kappa shape index (κ2) is 9.31. The van der Waals surface area contributed by atoms with Crippen molar-refractivity contribution < 1.29 is 14.4 Å². The maximum Gasteiger partial charge on any atom is 0.255 e. The quantitative estimate of drug-likeness (QED) is 0.734. The van der Waals surface area contributed by atoms with Crippen molar-refractivity contribution in [2.24, 2.45) is 5.92 Å². The number of benzene rings is 2. The van der Waals surface area contributed by atoms with Crippen LogP contribution in [0.1, 0.15) is 65.3 Å². The first-order valence-electron chi connectivity index (χ1n) is 9.82. The van der Waals surface area contributed by atoms with E-state index in [0.29, 0.717) is 23.4 Å². The minimum Gasteiger partial charge on any atom is -0.352 e. The van der Waals surface area contributed by atoms with Gasteiger partial charge < -0.3 is 10.6 Å². The third kappa shape index (κ3) is 5.28. The van der Waals surface area contributed by atoms with E-state index in [1.807, 2.05) is 12.1 Å². The van der Waals surface area contributed by atoms with Crippen LogP contribution in [0.4, 0.5) is 5.69 Å². The summed E-state index contributed by atoms with van der Waals surface area (Å²) in [4.78, 5) is 35.9. The number of hydrogen-bond donors (Lipinski definition) is 2. The van der Waals surface area contributed by atoms with Crippen molar-refractivity contribution in [1.82, 2.24) is 5.32 Å². The summed E-state index contributed by atoms with van der Waals surface area (Å²) < 4.78 is 0. The van der Waals surface area contributed by atoms with E-state index in [1.54, 1.807) is 36.4 Å². The van der Waals surface area contributed by atoms with Gasteiger partial charge in [0.1, 0.15) is 0 Å². The second-order valence-corrected chi connectivity index (χ2v) is 7.34. The van der Waals surface area contributed by atoms with Crippen LogP contribution >= 0.6 is 0 Å². The lowest BCUT2D eigenvalue weighted by Gasteiger charge is -2.20. The van der Waals surface area contributed by atoms with E-state index < -0.39 is 0 Å². The molecule has 2 aromatic rings. The number of carbonyl (C=O) groups is 3. The number of amides is 2. The highest BCUT2D eigenvalue weighted by Crippen LogP contribution is 2.23. The fraction of sp³-hybridized carbons (Fsp3) is 0.348. The van der Waals surface area contributed by atoms with Crippen molar-refractivity contribution >= 4 is 23.3 Å². The Hall–Kier alpha value is -2.95. The molecule has 0 aromatic heterocycles. The third-order valence-corrected chi connectivity index (χ3v) is 5.21. The van der Waals surface area contributed by atoms with Crippen molar-refractivity contribution in [3.63, 3.8) is 0 Å². The molecule has 1 saturated carbocycles. The van der Waals surface area contributed by atoms with E-state index in [1.165, 1.54) is 13.3 Å². The molecular weight excluding hydrogens is 352 g/mol. The molecule has 0 heterocycles. The number of nitrogens with one attached hydrogen (secondary N) is 2. The molecule has 146 valence electrons. The summed E-state index contributed by atoms with van der Waals surface area (Å²) in [6.07, 6.45) is 5.48. The average molecular weight is 378 g/mol. The largest absolute Gasteiger partial charge is 0.352 e. The molecule has 28 heavy (non-hydrogen) atoms. The zero-order valence-corrected chi connectivity index (χ0v) is 16.2. The predicted octanol–water partition coefficient (Wildman–Crippen LogP) is 4.34. The lowest BCUT2D eigenvalue weighted by atomic mass is 9.88. The second-order valence-electron chi connectivity index (χ2n) is 7.34. The molecule has 0 bridgehead atoms. The summed E-state index contributed by atoms with van der Waals surface area (Å²) in [5.41, 5.74) is 2.75. The van der Waals surface area contributed by atoms with Crippen molar-refractivity contribution in [3.8, 4) is 0 Å². The average Bonchev–Trinajstić information content (AvgIpc) is 2.73. The number of hydrogen-bond acceptors (Lipinski definition) is 3. The van der Waals surface area contributed by atoms with Crippen molar-refractivity contribution in [1.29, 1.82) is 0 Å². The molecule has 5 nitrogen and oxygen atoms in total. The number of ketones is 1. The highest BCUT2D eigenvalue weighted by Gasteiger charge is 2.20. The number of Topliss-reactive ketones (excluding diaryl/α,β-unsaturated/α-hetero) is 1. The van der Waals surface area contributed by atoms with E-state index in [2.05, 4.69) is 10.6 Å². The Morgan fingerprint density at radius 1 is 0.857 bits per heavy atom. The van der Waals surface area contributed by atoms with E-state index >= 15 is 0 Å². The lowest BCUT2D eigenvalue weighted by molar-refractivity contribution is -0.126. The molecule has 2 aromatic carbocycles. The van der Waals surface area contributed by atoms with Gasteiger partial charge in [-0.05, 0) is 61.7 Å². The summed E-state index contributed by atoms with van der Waals surface area (Å²) in [5.74, 6) is 0.0566. The topological polar surface area (TPSA) is 75.3 Å². The highest BCUT2D eigenvalue weighted by molar-refractivity contribution is 6.04. The van der Waals surface area contributed by atoms with E-state index in [4.69, 9.17) is 0 Å². The van der Waals surface area contributed by atoms with Crippen LogP contribution in [0.2, 0.25) is 0 Å². The van der Waals surface area contributed by atoms with Crippen LogP contribution in [0.5, 0.6) is 0 Å². The Labute approximate surface area is 165 Å². The summed E-state index contributed by atoms with van der Waals surface area (Å²) in [6.45, 7) is 1.98. The Balaban J connectivity index is 1.52. The van der Waals surface area contributed by atoms with Crippen LogP contribution in [0.3, 0.4) is 0 Å². The van der Waals surface area contributed by atoms with Gasteiger partial charge >= 0.3 is 0 Å². The number of carbonyl (C=O) groups excluding carboxylic acids is 3. The van der Waals surface area contributed by atoms with Crippen LogP contribution in [-0.2, 0) is 11.3 Å². The summed E-state index contributed by atoms with van der Waals surface area (Å²) in [5, 5.41) is 5.82. The fourth-order valence-electron chi connectivity index (χ4n) is 3.46. The minimum atomic E-state index is -0.214. The van der Waals surface area contributed by atoms with Gasteiger partial charge in [-0.15, -0.1) is 0 Å². The molecule has 3 rings (SSSR count). The van der Waals surface area contributed by atoms with Crippen LogP contribution in [0.15, 0.2) is 48.5 Å². The normalized spacial score (nSPS) is 14.3. The molecule has 1 aliphatic carbocycles. The predicted molar refractivity (Wildman–Crippen MR) is 109 cm³/mol. The van der Waals surface area contributed by atoms with E-state index in [0.717, 1.165) is 31.2 Å². The van der Waals surface area contributed by atoms with Crippen LogP contribution in [0.25, 0.3) is 0 Å².